The molecule has 21 heteroatoms. The van der Waals surface area contributed by atoms with Crippen molar-refractivity contribution in [1.29, 1.82) is 0 Å². The van der Waals surface area contributed by atoms with Crippen LogP contribution in [0.1, 0.15) is 29.8 Å². The molecule has 61 heavy (non-hydrogen) atoms. The highest BCUT2D eigenvalue weighted by Crippen LogP contribution is 2.35. The Morgan fingerprint density at radius 2 is 1.26 bits per heavy atom. The largest absolute Gasteiger partial charge is 0.432 e. The number of hydrogen-bond donors (Lipinski definition) is 1. The average Bonchev–Trinajstić information content (AvgIpc) is 3.84. The van der Waals surface area contributed by atoms with Crippen LogP contribution < -0.4 is 15.1 Å². The summed E-state index contributed by atoms with van der Waals surface area (Å²) in [6, 6.07) is 3.71. The Bertz CT molecular complexity index is 2540. The summed E-state index contributed by atoms with van der Waals surface area (Å²) in [4.78, 5) is 70.1. The number of amides is 2. The maximum absolute atomic E-state index is 12.2. The molecule has 2 amide bonds. The van der Waals surface area contributed by atoms with Crippen molar-refractivity contribution in [3.8, 4) is 0 Å². The van der Waals surface area contributed by atoms with Gasteiger partial charge in [0.25, 0.3) is 0 Å². The third kappa shape index (κ3) is 9.46. The second kappa shape index (κ2) is 19.2. The number of aromatic nitrogens is 6. The monoisotopic (exact) mass is 876 g/mol. The number of hydrogen-bond acceptors (Lipinski definition) is 17. The highest BCUT2D eigenvalue weighted by atomic mass is 35.5. The molecule has 4 aliphatic heterocycles. The van der Waals surface area contributed by atoms with Crippen LogP contribution in [-0.4, -0.2) is 168 Å². The Morgan fingerprint density at radius 3 is 1.79 bits per heavy atom. The van der Waals surface area contributed by atoms with Crippen molar-refractivity contribution in [1.82, 2.24) is 49.9 Å². The van der Waals surface area contributed by atoms with Crippen molar-refractivity contribution in [2.75, 3.05) is 115 Å². The van der Waals surface area contributed by atoms with Crippen LogP contribution in [0.25, 0.3) is 44.4 Å². The smallest absolute Gasteiger partial charge is 0.236 e. The summed E-state index contributed by atoms with van der Waals surface area (Å²) in [5.74, 6) is 1.70. The van der Waals surface area contributed by atoms with Gasteiger partial charge in [-0.2, -0.15) is 9.97 Å². The van der Waals surface area contributed by atoms with Gasteiger partial charge in [-0.1, -0.05) is 0 Å². The molecule has 0 aromatic carbocycles. The SMILES string of the molecule is CCN1CCN(Cc2cnc3oc4c(N5CCOCC5)nc(Cl)nc4c3c2)CC1=O.CCN1CCNCC1=O.O=Cc1cnc2oc3c(N4CCOCC4)nc(Cl)nc3c2c1. The highest BCUT2D eigenvalue weighted by molar-refractivity contribution is 6.29. The number of carbonyl (C=O) groups excluding carboxylic acids is 3. The number of furan rings is 2. The van der Waals surface area contributed by atoms with E-state index >= 15 is 0 Å². The summed E-state index contributed by atoms with van der Waals surface area (Å²) >= 11 is 12.3. The molecular weight excluding hydrogens is 831 g/mol. The van der Waals surface area contributed by atoms with Gasteiger partial charge >= 0.3 is 0 Å². The lowest BCUT2D eigenvalue weighted by Crippen LogP contribution is -2.49. The first-order valence-corrected chi connectivity index (χ1v) is 21.1. The van der Waals surface area contributed by atoms with Crippen LogP contribution in [0, 0.1) is 0 Å². The van der Waals surface area contributed by atoms with E-state index in [1.165, 1.54) is 6.20 Å². The number of pyridine rings is 2. The Balaban J connectivity index is 0.000000144. The fraction of sp³-hybridized carbons (Fsp3) is 0.475. The van der Waals surface area contributed by atoms with Gasteiger partial charge in [0.1, 0.15) is 11.0 Å². The van der Waals surface area contributed by atoms with Gasteiger partial charge in [-0.05, 0) is 54.7 Å². The first-order chi connectivity index (χ1) is 29.7. The number of likely N-dealkylation sites (N-methyl/N-ethyl adjacent to an activating group) is 2. The molecule has 0 spiro atoms. The van der Waals surface area contributed by atoms with E-state index in [4.69, 9.17) is 41.5 Å². The van der Waals surface area contributed by atoms with E-state index in [1.807, 2.05) is 34.6 Å². The maximum atomic E-state index is 12.2. The summed E-state index contributed by atoms with van der Waals surface area (Å²) in [5, 5.41) is 4.78. The minimum atomic E-state index is 0.133. The zero-order valence-corrected chi connectivity index (χ0v) is 35.5. The molecule has 0 atom stereocenters. The van der Waals surface area contributed by atoms with Crippen LogP contribution in [0.2, 0.25) is 10.6 Å². The average molecular weight is 878 g/mol. The summed E-state index contributed by atoms with van der Waals surface area (Å²) in [6.45, 7) is 16.0. The quantitative estimate of drug-likeness (QED) is 0.180. The van der Waals surface area contributed by atoms with Crippen molar-refractivity contribution >= 4 is 97.3 Å². The van der Waals surface area contributed by atoms with Gasteiger partial charge in [-0.15, -0.1) is 0 Å². The molecule has 0 saturated carbocycles. The van der Waals surface area contributed by atoms with Gasteiger partial charge in [-0.3, -0.25) is 19.3 Å². The number of halogens is 2. The topological polar surface area (TPSA) is 202 Å². The number of nitrogens with one attached hydrogen (secondary N) is 1. The van der Waals surface area contributed by atoms with Gasteiger partial charge in [0.2, 0.25) is 33.8 Å². The van der Waals surface area contributed by atoms with Gasteiger partial charge in [-0.25, -0.2) is 19.9 Å². The van der Waals surface area contributed by atoms with E-state index in [1.54, 1.807) is 12.3 Å². The van der Waals surface area contributed by atoms with E-state index in [-0.39, 0.29) is 22.4 Å². The Morgan fingerprint density at radius 1 is 0.705 bits per heavy atom. The van der Waals surface area contributed by atoms with Crippen molar-refractivity contribution in [2.45, 2.75) is 20.4 Å². The summed E-state index contributed by atoms with van der Waals surface area (Å²) in [5.41, 5.74) is 4.71. The third-order valence-corrected chi connectivity index (χ3v) is 11.2. The van der Waals surface area contributed by atoms with E-state index in [0.29, 0.717) is 115 Å². The normalized spacial score (nSPS) is 17.8. The molecule has 0 bridgehead atoms. The minimum absolute atomic E-state index is 0.133. The Kier molecular flexibility index (Phi) is 13.3. The number of piperazine rings is 2. The molecular formula is C40H46Cl2N12O7. The molecule has 1 N–H and O–H groups in total. The van der Waals surface area contributed by atoms with Gasteiger partial charge in [0, 0.05) is 89.9 Å². The maximum Gasteiger partial charge on any atom is 0.236 e. The zero-order chi connectivity index (χ0) is 42.5. The highest BCUT2D eigenvalue weighted by Gasteiger charge is 2.26. The molecule has 322 valence electrons. The lowest BCUT2D eigenvalue weighted by atomic mass is 10.2. The summed E-state index contributed by atoms with van der Waals surface area (Å²) in [7, 11) is 0. The number of ether oxygens (including phenoxy) is 2. The fourth-order valence-electron chi connectivity index (χ4n) is 7.63. The van der Waals surface area contributed by atoms with Crippen LogP contribution in [0.5, 0.6) is 0 Å². The predicted octanol–water partition coefficient (Wildman–Crippen LogP) is 3.44. The van der Waals surface area contributed by atoms with E-state index < -0.39 is 0 Å². The number of nitrogens with zero attached hydrogens (tertiary/aromatic N) is 11. The van der Waals surface area contributed by atoms with E-state index in [9.17, 15) is 14.4 Å². The van der Waals surface area contributed by atoms with Gasteiger partial charge < -0.3 is 43.2 Å². The molecule has 4 aliphatic rings. The van der Waals surface area contributed by atoms with Crippen LogP contribution >= 0.6 is 23.2 Å². The lowest BCUT2D eigenvalue weighted by molar-refractivity contribution is -0.136. The Hall–Kier alpha value is -5.31. The van der Waals surface area contributed by atoms with Crippen molar-refractivity contribution in [3.63, 3.8) is 0 Å². The molecule has 10 rings (SSSR count). The standard InChI is InChI=1S/C20H23ClN6O3.C14H11ClN4O3.C6H12N2O/c1-2-26-4-3-25(12-15(26)28)11-13-9-14-16-17(30-19(14)22-10-13)18(24-20(21)23-16)27-5-7-29-8-6-27;15-14-17-10-9-5-8(7-20)6-16-13(9)22-11(10)12(18-14)19-1-3-21-4-2-19;1-2-8-4-3-7-5-6(8)9/h9-10H,2-8,11-12H2,1H3;5-7H,1-4H2;7H,2-5H2,1H3. The molecule has 6 aromatic heterocycles. The number of carbonyl (C=O) groups is 3. The molecule has 0 aliphatic carbocycles. The van der Waals surface area contributed by atoms with Crippen LogP contribution in [-0.2, 0) is 25.6 Å². The molecule has 10 heterocycles. The first kappa shape index (κ1) is 42.4. The number of aldehydes is 1. The third-order valence-electron chi connectivity index (χ3n) is 10.8. The molecule has 0 radical (unpaired) electrons. The van der Waals surface area contributed by atoms with Crippen LogP contribution in [0.4, 0.5) is 11.6 Å². The fourth-order valence-corrected chi connectivity index (χ4v) is 7.96. The number of anilines is 2. The zero-order valence-electron chi connectivity index (χ0n) is 33.9. The number of fused-ring (bicyclic) bond motifs is 6. The van der Waals surface area contributed by atoms with E-state index in [2.05, 4.69) is 45.0 Å². The van der Waals surface area contributed by atoms with Crippen molar-refractivity contribution < 1.29 is 32.7 Å². The van der Waals surface area contributed by atoms with Crippen LogP contribution in [0.3, 0.4) is 0 Å². The van der Waals surface area contributed by atoms with E-state index in [0.717, 1.165) is 69.6 Å². The molecule has 4 fully saturated rings. The van der Waals surface area contributed by atoms with Crippen molar-refractivity contribution in [3.05, 3.63) is 46.2 Å². The molecule has 6 aromatic rings. The summed E-state index contributed by atoms with van der Waals surface area (Å²) < 4.78 is 22.6. The summed E-state index contributed by atoms with van der Waals surface area (Å²) in [6.07, 6.45) is 3.99. The molecule has 4 saturated heterocycles. The van der Waals surface area contributed by atoms with Gasteiger partial charge in [0.05, 0.1) is 50.3 Å². The van der Waals surface area contributed by atoms with Crippen LogP contribution in [0.15, 0.2) is 33.4 Å². The number of rotatable bonds is 7. The predicted molar refractivity (Wildman–Crippen MR) is 228 cm³/mol. The second-order valence-corrected chi connectivity index (χ2v) is 15.3. The number of morpholine rings is 2. The second-order valence-electron chi connectivity index (χ2n) is 14.7. The minimum Gasteiger partial charge on any atom is -0.432 e. The molecule has 0 unspecified atom stereocenters. The lowest BCUT2D eigenvalue weighted by Gasteiger charge is -2.33. The Labute approximate surface area is 360 Å². The van der Waals surface area contributed by atoms with Crippen molar-refractivity contribution in [2.24, 2.45) is 0 Å². The van der Waals surface area contributed by atoms with Gasteiger partial charge in [0.15, 0.2) is 29.1 Å². The first-order valence-electron chi connectivity index (χ1n) is 20.3. The molecule has 19 nitrogen and oxygen atoms in total.